The molecule has 1 aliphatic heterocycles. The molecule has 8 heteroatoms. The van der Waals surface area contributed by atoms with E-state index >= 15 is 0 Å². The van der Waals surface area contributed by atoms with Gasteiger partial charge in [-0.25, -0.2) is 12.8 Å². The molecule has 0 radical (unpaired) electrons. The van der Waals surface area contributed by atoms with Crippen LogP contribution in [0.2, 0.25) is 0 Å². The first-order valence-electron chi connectivity index (χ1n) is 10.1. The quantitative estimate of drug-likeness (QED) is 0.746. The van der Waals surface area contributed by atoms with Crippen molar-refractivity contribution in [3.8, 4) is 0 Å². The second-order valence-corrected chi connectivity index (χ2v) is 9.67. The minimum Gasteiger partial charge on any atom is -0.342 e. The van der Waals surface area contributed by atoms with E-state index in [1.54, 1.807) is 0 Å². The fourth-order valence-electron chi connectivity index (χ4n) is 4.11. The highest BCUT2D eigenvalue weighted by molar-refractivity contribution is 7.89. The fourth-order valence-corrected chi connectivity index (χ4v) is 5.65. The van der Waals surface area contributed by atoms with Gasteiger partial charge in [-0.2, -0.15) is 4.31 Å². The van der Waals surface area contributed by atoms with Gasteiger partial charge in [-0.3, -0.25) is 9.69 Å². The number of hydrogen-bond donors (Lipinski definition) is 0. The van der Waals surface area contributed by atoms with Crippen LogP contribution in [0.5, 0.6) is 0 Å². The van der Waals surface area contributed by atoms with Gasteiger partial charge in [0.2, 0.25) is 15.9 Å². The maximum Gasteiger partial charge on any atom is 0.246 e. The summed E-state index contributed by atoms with van der Waals surface area (Å²) in [5, 5.41) is 0. The zero-order valence-corrected chi connectivity index (χ0v) is 17.3. The van der Waals surface area contributed by atoms with Crippen LogP contribution in [0, 0.1) is 5.82 Å². The first-order chi connectivity index (χ1) is 13.4. The molecule has 28 heavy (non-hydrogen) atoms. The second-order valence-electron chi connectivity index (χ2n) is 7.76. The molecule has 0 aromatic heterocycles. The summed E-state index contributed by atoms with van der Waals surface area (Å²) in [6, 6.07) is 5.80. The lowest BCUT2D eigenvalue weighted by Gasteiger charge is -2.32. The predicted molar refractivity (Wildman–Crippen MR) is 106 cm³/mol. The van der Waals surface area contributed by atoms with Gasteiger partial charge in [0.1, 0.15) is 10.7 Å². The zero-order chi connectivity index (χ0) is 20.1. The number of rotatable bonds is 5. The van der Waals surface area contributed by atoms with Crippen LogP contribution in [-0.2, 0) is 14.8 Å². The van der Waals surface area contributed by atoms with E-state index in [4.69, 9.17) is 0 Å². The average Bonchev–Trinajstić information content (AvgIpc) is 2.94. The van der Waals surface area contributed by atoms with Crippen molar-refractivity contribution in [1.29, 1.82) is 0 Å². The van der Waals surface area contributed by atoms with Gasteiger partial charge in [0.25, 0.3) is 0 Å². The number of benzene rings is 1. The van der Waals surface area contributed by atoms with Gasteiger partial charge in [-0.15, -0.1) is 0 Å². The molecule has 0 atom stereocenters. The van der Waals surface area contributed by atoms with Gasteiger partial charge in [-0.1, -0.05) is 31.4 Å². The number of amides is 1. The van der Waals surface area contributed by atoms with E-state index in [0.717, 1.165) is 18.9 Å². The van der Waals surface area contributed by atoms with Gasteiger partial charge < -0.3 is 4.90 Å². The normalized spacial score (nSPS) is 20.6. The Hall–Kier alpha value is -1.51. The van der Waals surface area contributed by atoms with Crippen molar-refractivity contribution < 1.29 is 17.6 Å². The Morgan fingerprint density at radius 1 is 1.07 bits per heavy atom. The lowest BCUT2D eigenvalue weighted by Crippen LogP contribution is -2.45. The summed E-state index contributed by atoms with van der Waals surface area (Å²) in [6.07, 6.45) is 6.35. The van der Waals surface area contributed by atoms with Crippen molar-refractivity contribution in [1.82, 2.24) is 14.1 Å². The highest BCUT2D eigenvalue weighted by Gasteiger charge is 2.30. The highest BCUT2D eigenvalue weighted by Crippen LogP contribution is 2.23. The summed E-state index contributed by atoms with van der Waals surface area (Å²) in [7, 11) is -1.99. The van der Waals surface area contributed by atoms with Crippen LogP contribution >= 0.6 is 0 Å². The number of sulfonamides is 1. The van der Waals surface area contributed by atoms with Gasteiger partial charge in [0, 0.05) is 32.7 Å². The molecule has 0 unspecified atom stereocenters. The molecule has 0 N–H and O–H groups in total. The molecule has 1 saturated carbocycles. The van der Waals surface area contributed by atoms with E-state index in [9.17, 15) is 17.6 Å². The van der Waals surface area contributed by atoms with E-state index in [-0.39, 0.29) is 17.3 Å². The van der Waals surface area contributed by atoms with Crippen molar-refractivity contribution >= 4 is 15.9 Å². The summed E-state index contributed by atoms with van der Waals surface area (Å²) in [6.45, 7) is 2.03. The first-order valence-corrected chi connectivity index (χ1v) is 11.6. The fraction of sp³-hybridized carbons (Fsp3) is 0.650. The van der Waals surface area contributed by atoms with E-state index in [2.05, 4.69) is 0 Å². The highest BCUT2D eigenvalue weighted by atomic mass is 32.2. The third-order valence-electron chi connectivity index (χ3n) is 5.88. The van der Waals surface area contributed by atoms with Gasteiger partial charge in [-0.05, 0) is 37.9 Å². The number of likely N-dealkylation sites (N-methyl/N-ethyl adjacent to an activating group) is 1. The number of nitrogens with zero attached hydrogens (tertiary/aromatic N) is 3. The van der Waals surface area contributed by atoms with E-state index in [0.29, 0.717) is 38.6 Å². The average molecular weight is 412 g/mol. The molecule has 156 valence electrons. The Morgan fingerprint density at radius 3 is 2.50 bits per heavy atom. The Morgan fingerprint density at radius 2 is 1.79 bits per heavy atom. The van der Waals surface area contributed by atoms with E-state index in [1.165, 1.54) is 41.8 Å². The van der Waals surface area contributed by atoms with Crippen LogP contribution in [0.25, 0.3) is 0 Å². The molecule has 0 bridgehead atoms. The monoisotopic (exact) mass is 411 g/mol. The molecule has 3 rings (SSSR count). The summed E-state index contributed by atoms with van der Waals surface area (Å²) in [4.78, 5) is 16.3. The number of halogens is 1. The predicted octanol–water partition coefficient (Wildman–Crippen LogP) is 2.31. The van der Waals surface area contributed by atoms with Crippen molar-refractivity contribution in [2.75, 3.05) is 39.8 Å². The summed E-state index contributed by atoms with van der Waals surface area (Å²) in [5.74, 6) is -0.634. The van der Waals surface area contributed by atoms with Crippen LogP contribution in [-0.4, -0.2) is 74.2 Å². The Labute approximate surface area is 167 Å². The van der Waals surface area contributed by atoms with Crippen LogP contribution < -0.4 is 0 Å². The molecule has 1 heterocycles. The molecule has 1 aromatic rings. The summed E-state index contributed by atoms with van der Waals surface area (Å²) < 4.78 is 40.9. The van der Waals surface area contributed by atoms with Crippen LogP contribution in [0.3, 0.4) is 0 Å². The molecule has 1 saturated heterocycles. The molecule has 6 nitrogen and oxygen atoms in total. The zero-order valence-electron chi connectivity index (χ0n) is 16.5. The number of carbonyl (C=O) groups is 1. The van der Waals surface area contributed by atoms with E-state index < -0.39 is 15.8 Å². The molecule has 1 aliphatic carbocycles. The minimum atomic E-state index is -3.87. The van der Waals surface area contributed by atoms with Crippen molar-refractivity contribution in [3.63, 3.8) is 0 Å². The summed E-state index contributed by atoms with van der Waals surface area (Å²) in [5.41, 5.74) is 0. The topological polar surface area (TPSA) is 60.9 Å². The number of hydrogen-bond acceptors (Lipinski definition) is 4. The second kappa shape index (κ2) is 9.33. The molecular weight excluding hydrogens is 381 g/mol. The van der Waals surface area contributed by atoms with Gasteiger partial charge in [0.05, 0.1) is 6.54 Å². The smallest absolute Gasteiger partial charge is 0.246 e. The van der Waals surface area contributed by atoms with Crippen molar-refractivity contribution in [3.05, 3.63) is 30.1 Å². The molecular formula is C20H30FN3O3S. The first kappa shape index (κ1) is 21.2. The lowest BCUT2D eigenvalue weighted by atomic mass is 9.94. The van der Waals surface area contributed by atoms with Gasteiger partial charge in [0.15, 0.2) is 0 Å². The van der Waals surface area contributed by atoms with E-state index in [1.807, 2.05) is 16.8 Å². The third-order valence-corrected chi connectivity index (χ3v) is 7.81. The van der Waals surface area contributed by atoms with Crippen LogP contribution in [0.15, 0.2) is 29.2 Å². The standard InChI is InChI=1S/C20H30FN3O3S/c1-22(17-8-3-2-4-9-17)20(25)16-23-12-7-13-24(15-14-23)28(26,27)19-11-6-5-10-18(19)21/h5-6,10-11,17H,2-4,7-9,12-16H2,1H3. The van der Waals surface area contributed by atoms with Gasteiger partial charge >= 0.3 is 0 Å². The maximum atomic E-state index is 14.0. The SMILES string of the molecule is CN(C(=O)CN1CCCN(S(=O)(=O)c2ccccc2F)CC1)C1CCCCC1. The van der Waals surface area contributed by atoms with Crippen molar-refractivity contribution in [2.45, 2.75) is 49.5 Å². The Balaban J connectivity index is 1.59. The molecule has 1 aromatic carbocycles. The molecule has 0 spiro atoms. The Bertz CT molecular complexity index is 781. The molecule has 2 fully saturated rings. The minimum absolute atomic E-state index is 0.0947. The van der Waals surface area contributed by atoms with Crippen LogP contribution in [0.4, 0.5) is 4.39 Å². The Kier molecular flexibility index (Phi) is 7.06. The van der Waals surface area contributed by atoms with Crippen LogP contribution in [0.1, 0.15) is 38.5 Å². The molecule has 2 aliphatic rings. The third kappa shape index (κ3) is 4.90. The maximum absolute atomic E-state index is 14.0. The molecule has 1 amide bonds. The summed E-state index contributed by atoms with van der Waals surface area (Å²) >= 11 is 0. The number of carbonyl (C=O) groups excluding carboxylic acids is 1. The largest absolute Gasteiger partial charge is 0.342 e. The van der Waals surface area contributed by atoms with Crippen molar-refractivity contribution in [2.24, 2.45) is 0 Å². The lowest BCUT2D eigenvalue weighted by molar-refractivity contribution is -0.133.